The Hall–Kier alpha value is -4.07. The first-order valence-corrected chi connectivity index (χ1v) is 10.9. The Morgan fingerprint density at radius 3 is 2.53 bits per heavy atom. The number of carbonyl (C=O) groups is 1. The summed E-state index contributed by atoms with van der Waals surface area (Å²) in [6.45, 7) is 2.56. The first-order valence-electron chi connectivity index (χ1n) is 10.9. The van der Waals surface area contributed by atoms with Crippen LogP contribution in [0.25, 0.3) is 5.65 Å². The molecule has 4 rings (SSSR count). The van der Waals surface area contributed by atoms with Gasteiger partial charge in [-0.25, -0.2) is 9.37 Å². The van der Waals surface area contributed by atoms with Crippen LogP contribution < -0.4 is 19.1 Å². The van der Waals surface area contributed by atoms with E-state index in [1.807, 2.05) is 29.7 Å². The van der Waals surface area contributed by atoms with Gasteiger partial charge >= 0.3 is 0 Å². The summed E-state index contributed by atoms with van der Waals surface area (Å²) in [5.74, 6) is 1.96. The van der Waals surface area contributed by atoms with Crippen LogP contribution in [0.1, 0.15) is 23.0 Å². The number of imidazole rings is 1. The number of hydrogen-bond acceptors (Lipinski definition) is 5. The Bertz CT molecular complexity index is 1290. The highest BCUT2D eigenvalue weighted by molar-refractivity contribution is 6.06. The van der Waals surface area contributed by atoms with Crippen LogP contribution >= 0.6 is 0 Å². The third kappa shape index (κ3) is 4.80. The molecule has 34 heavy (non-hydrogen) atoms. The second-order valence-corrected chi connectivity index (χ2v) is 7.55. The Kier molecular flexibility index (Phi) is 6.96. The van der Waals surface area contributed by atoms with E-state index in [-0.39, 0.29) is 24.9 Å². The van der Waals surface area contributed by atoms with Gasteiger partial charge in [-0.2, -0.15) is 0 Å². The van der Waals surface area contributed by atoms with Gasteiger partial charge in [-0.05, 0) is 61.0 Å². The lowest BCUT2D eigenvalue weighted by molar-refractivity contribution is 0.0991. The van der Waals surface area contributed by atoms with Crippen molar-refractivity contribution in [3.05, 3.63) is 83.9 Å². The highest BCUT2D eigenvalue weighted by Gasteiger charge is 2.23. The molecule has 0 unspecified atom stereocenters. The van der Waals surface area contributed by atoms with Gasteiger partial charge in [-0.3, -0.25) is 14.1 Å². The van der Waals surface area contributed by atoms with Crippen molar-refractivity contribution in [3.63, 3.8) is 0 Å². The van der Waals surface area contributed by atoms with Gasteiger partial charge in [0.2, 0.25) is 0 Å². The summed E-state index contributed by atoms with van der Waals surface area (Å²) < 4.78 is 31.7. The van der Waals surface area contributed by atoms with Gasteiger partial charge in [0.05, 0.1) is 12.8 Å². The molecule has 0 aliphatic rings. The van der Waals surface area contributed by atoms with Gasteiger partial charge in [0.25, 0.3) is 5.91 Å². The molecular weight excluding hydrogens is 437 g/mol. The molecule has 0 saturated carbocycles. The van der Waals surface area contributed by atoms with Crippen LogP contribution in [0.2, 0.25) is 0 Å². The van der Waals surface area contributed by atoms with Crippen LogP contribution in [0.5, 0.6) is 17.2 Å². The number of ether oxygens (including phenoxy) is 3. The molecule has 1 amide bonds. The second-order valence-electron chi connectivity index (χ2n) is 7.55. The molecule has 7 nitrogen and oxygen atoms in total. The Labute approximate surface area is 197 Å². The largest absolute Gasteiger partial charge is 0.497 e. The van der Waals surface area contributed by atoms with Crippen molar-refractivity contribution < 1.29 is 23.4 Å². The molecule has 4 aromatic rings. The number of nitrogens with zero attached hydrogens (tertiary/aromatic N) is 3. The summed E-state index contributed by atoms with van der Waals surface area (Å²) in [4.78, 5) is 19.6. The van der Waals surface area contributed by atoms with E-state index >= 15 is 0 Å². The topological polar surface area (TPSA) is 65.3 Å². The molecule has 8 heteroatoms. The Morgan fingerprint density at radius 2 is 1.79 bits per heavy atom. The number of amides is 1. The molecule has 2 aromatic heterocycles. The van der Waals surface area contributed by atoms with Crippen LogP contribution in [0.4, 0.5) is 10.2 Å². The maximum atomic E-state index is 13.2. The summed E-state index contributed by atoms with van der Waals surface area (Å²) >= 11 is 0. The number of rotatable bonds is 9. The molecule has 0 fully saturated rings. The van der Waals surface area contributed by atoms with Crippen LogP contribution in [-0.4, -0.2) is 42.7 Å². The standard InChI is InChI=1S/C26H26FN3O4/c1-4-22-25(29(2)26(31)18-7-5-8-21(17-18)32-3)30-14-6-9-23(24(30)28-22)34-16-15-33-20-12-10-19(27)11-13-20/h5-14,17H,4,15-16H2,1-3H3. The first kappa shape index (κ1) is 23.1. The summed E-state index contributed by atoms with van der Waals surface area (Å²) in [5.41, 5.74) is 1.91. The van der Waals surface area contributed by atoms with E-state index in [1.54, 1.807) is 55.5 Å². The van der Waals surface area contributed by atoms with Crippen molar-refractivity contribution >= 4 is 17.4 Å². The fraction of sp³-hybridized carbons (Fsp3) is 0.231. The van der Waals surface area contributed by atoms with Crippen molar-refractivity contribution in [3.8, 4) is 17.2 Å². The number of methoxy groups -OCH3 is 1. The average molecular weight is 464 g/mol. The SMILES string of the molecule is CCc1nc2c(OCCOc3ccc(F)cc3)cccn2c1N(C)C(=O)c1cccc(OC)c1. The number of aromatic nitrogens is 2. The number of hydrogen-bond donors (Lipinski definition) is 0. The number of fused-ring (bicyclic) bond motifs is 1. The predicted molar refractivity (Wildman–Crippen MR) is 128 cm³/mol. The lowest BCUT2D eigenvalue weighted by atomic mass is 10.2. The molecule has 0 aliphatic carbocycles. The van der Waals surface area contributed by atoms with Crippen LogP contribution in [0.15, 0.2) is 66.9 Å². The van der Waals surface area contributed by atoms with Gasteiger partial charge in [0, 0.05) is 18.8 Å². The van der Waals surface area contributed by atoms with E-state index in [0.717, 1.165) is 5.69 Å². The number of pyridine rings is 1. The summed E-state index contributed by atoms with van der Waals surface area (Å²) in [6.07, 6.45) is 2.49. The number of anilines is 1. The van der Waals surface area contributed by atoms with Gasteiger partial charge in [0.15, 0.2) is 11.4 Å². The number of carbonyl (C=O) groups excluding carboxylic acids is 1. The van der Waals surface area contributed by atoms with Gasteiger partial charge in [-0.15, -0.1) is 0 Å². The molecule has 0 atom stereocenters. The molecule has 176 valence electrons. The number of halogens is 1. The fourth-order valence-electron chi connectivity index (χ4n) is 3.67. The monoisotopic (exact) mass is 463 g/mol. The Balaban J connectivity index is 1.54. The molecular formula is C26H26FN3O4. The normalized spacial score (nSPS) is 10.8. The third-order valence-electron chi connectivity index (χ3n) is 5.36. The first-order chi connectivity index (χ1) is 16.5. The lowest BCUT2D eigenvalue weighted by Gasteiger charge is -2.19. The molecule has 0 bridgehead atoms. The third-order valence-corrected chi connectivity index (χ3v) is 5.36. The summed E-state index contributed by atoms with van der Waals surface area (Å²) in [7, 11) is 3.30. The van der Waals surface area contributed by atoms with E-state index in [1.165, 1.54) is 12.1 Å². The number of aryl methyl sites for hydroxylation is 1. The predicted octanol–water partition coefficient (Wildman–Crippen LogP) is 4.78. The zero-order valence-electron chi connectivity index (χ0n) is 19.3. The van der Waals surface area contributed by atoms with E-state index in [0.29, 0.717) is 40.7 Å². The minimum Gasteiger partial charge on any atom is -0.497 e. The minimum atomic E-state index is -0.313. The van der Waals surface area contributed by atoms with Crippen molar-refractivity contribution in [2.45, 2.75) is 13.3 Å². The average Bonchev–Trinajstić information content (AvgIpc) is 3.26. The Morgan fingerprint density at radius 1 is 1.03 bits per heavy atom. The van der Waals surface area contributed by atoms with E-state index in [9.17, 15) is 9.18 Å². The molecule has 0 N–H and O–H groups in total. The van der Waals surface area contributed by atoms with Crippen molar-refractivity contribution in [2.75, 3.05) is 32.3 Å². The van der Waals surface area contributed by atoms with Gasteiger partial charge in [-0.1, -0.05) is 13.0 Å². The van der Waals surface area contributed by atoms with E-state index < -0.39 is 0 Å². The second kappa shape index (κ2) is 10.2. The van der Waals surface area contributed by atoms with Crippen LogP contribution in [0, 0.1) is 5.82 Å². The summed E-state index contributed by atoms with van der Waals surface area (Å²) in [6, 6.07) is 16.6. The van der Waals surface area contributed by atoms with Gasteiger partial charge in [0.1, 0.15) is 36.3 Å². The smallest absolute Gasteiger partial charge is 0.259 e. The van der Waals surface area contributed by atoms with Crippen molar-refractivity contribution in [1.82, 2.24) is 9.38 Å². The van der Waals surface area contributed by atoms with Crippen molar-refractivity contribution in [1.29, 1.82) is 0 Å². The highest BCUT2D eigenvalue weighted by atomic mass is 19.1. The molecule has 2 heterocycles. The molecule has 2 aromatic carbocycles. The van der Waals surface area contributed by atoms with Crippen molar-refractivity contribution in [2.24, 2.45) is 0 Å². The molecule has 0 radical (unpaired) electrons. The maximum absolute atomic E-state index is 13.2. The zero-order valence-corrected chi connectivity index (χ0v) is 19.3. The maximum Gasteiger partial charge on any atom is 0.259 e. The molecule has 0 spiro atoms. The number of benzene rings is 2. The fourth-order valence-corrected chi connectivity index (χ4v) is 3.67. The zero-order chi connectivity index (χ0) is 24.1. The van der Waals surface area contributed by atoms with E-state index in [4.69, 9.17) is 19.2 Å². The lowest BCUT2D eigenvalue weighted by Crippen LogP contribution is -2.28. The van der Waals surface area contributed by atoms with Crippen LogP contribution in [-0.2, 0) is 6.42 Å². The van der Waals surface area contributed by atoms with Crippen LogP contribution in [0.3, 0.4) is 0 Å². The van der Waals surface area contributed by atoms with E-state index in [2.05, 4.69) is 0 Å². The highest BCUT2D eigenvalue weighted by Crippen LogP contribution is 2.29. The molecule has 0 aliphatic heterocycles. The van der Waals surface area contributed by atoms with Gasteiger partial charge < -0.3 is 14.2 Å². The quantitative estimate of drug-likeness (QED) is 0.334. The summed E-state index contributed by atoms with van der Waals surface area (Å²) in [5, 5.41) is 0. The molecule has 0 saturated heterocycles. The minimum absolute atomic E-state index is 0.172.